The van der Waals surface area contributed by atoms with Gasteiger partial charge in [-0.15, -0.1) is 0 Å². The molecular formula is C19H19ClFN3O6S. The van der Waals surface area contributed by atoms with Crippen LogP contribution in [0, 0.1) is 5.82 Å². The minimum Gasteiger partial charge on any atom is -0.452 e. The number of hydrogen-bond acceptors (Lipinski definition) is 6. The number of nitrogens with one attached hydrogen (secondary N) is 2. The highest BCUT2D eigenvalue weighted by molar-refractivity contribution is 7.92. The predicted molar refractivity (Wildman–Crippen MR) is 111 cm³/mol. The van der Waals surface area contributed by atoms with Crippen LogP contribution in [0.4, 0.5) is 14.9 Å². The Hall–Kier alpha value is -3.18. The second-order valence-electron chi connectivity index (χ2n) is 6.07. The van der Waals surface area contributed by atoms with Crippen molar-refractivity contribution in [3.63, 3.8) is 0 Å². The molecule has 0 fully saturated rings. The number of hydrogen-bond donors (Lipinski definition) is 2. The first-order chi connectivity index (χ1) is 14.6. The minimum absolute atomic E-state index is 0.0995. The molecule has 2 N–H and O–H groups in total. The molecule has 0 spiro atoms. The Kier molecular flexibility index (Phi) is 7.95. The second kappa shape index (κ2) is 10.2. The maximum atomic E-state index is 13.1. The van der Waals surface area contributed by atoms with Crippen LogP contribution in [0.5, 0.6) is 0 Å². The molecule has 3 amide bonds. The summed E-state index contributed by atoms with van der Waals surface area (Å²) in [6, 6.07) is 7.42. The molecule has 0 radical (unpaired) electrons. The van der Waals surface area contributed by atoms with Crippen molar-refractivity contribution >= 4 is 45.2 Å². The minimum atomic E-state index is -4.12. The normalized spacial score (nSPS) is 10.8. The highest BCUT2D eigenvalue weighted by Gasteiger charge is 2.24. The van der Waals surface area contributed by atoms with Gasteiger partial charge in [-0.25, -0.2) is 22.4 Å². The Bertz CT molecular complexity index is 1090. The largest absolute Gasteiger partial charge is 0.452 e. The zero-order valence-electron chi connectivity index (χ0n) is 16.5. The fourth-order valence-electron chi connectivity index (χ4n) is 2.35. The molecule has 31 heavy (non-hydrogen) atoms. The third-order valence-corrected chi connectivity index (χ3v) is 6.04. The van der Waals surface area contributed by atoms with Crippen molar-refractivity contribution in [1.82, 2.24) is 10.6 Å². The van der Waals surface area contributed by atoms with Gasteiger partial charge in [0.1, 0.15) is 5.82 Å². The van der Waals surface area contributed by atoms with E-state index in [0.717, 1.165) is 22.5 Å². The van der Waals surface area contributed by atoms with Crippen LogP contribution in [0.2, 0.25) is 5.02 Å². The quantitative estimate of drug-likeness (QED) is 0.597. The SMILES string of the molecule is CCNC(=O)NC(=O)COC(=O)c1cc(S(=O)(=O)N(C)c2ccc(F)cc2)ccc1Cl. The molecule has 0 bridgehead atoms. The van der Waals surface area contributed by atoms with Gasteiger partial charge in [-0.2, -0.15) is 0 Å². The molecule has 2 rings (SSSR count). The van der Waals surface area contributed by atoms with Gasteiger partial charge in [-0.1, -0.05) is 11.6 Å². The maximum absolute atomic E-state index is 13.1. The Labute approximate surface area is 183 Å². The summed E-state index contributed by atoms with van der Waals surface area (Å²) in [4.78, 5) is 34.9. The topological polar surface area (TPSA) is 122 Å². The van der Waals surface area contributed by atoms with E-state index in [-0.39, 0.29) is 21.2 Å². The zero-order valence-corrected chi connectivity index (χ0v) is 18.1. The summed E-state index contributed by atoms with van der Waals surface area (Å²) in [6.45, 7) is 1.17. The molecule has 0 aliphatic carbocycles. The van der Waals surface area contributed by atoms with Crippen molar-refractivity contribution in [2.45, 2.75) is 11.8 Å². The summed E-state index contributed by atoms with van der Waals surface area (Å²) in [5, 5.41) is 4.18. The lowest BCUT2D eigenvalue weighted by Crippen LogP contribution is -2.41. The Morgan fingerprint density at radius 3 is 2.39 bits per heavy atom. The third kappa shape index (κ3) is 6.15. The number of rotatable bonds is 7. The number of esters is 1. The van der Waals surface area contributed by atoms with E-state index in [1.54, 1.807) is 6.92 Å². The molecule has 166 valence electrons. The smallest absolute Gasteiger partial charge is 0.340 e. The van der Waals surface area contributed by atoms with Crippen molar-refractivity contribution in [2.24, 2.45) is 0 Å². The maximum Gasteiger partial charge on any atom is 0.340 e. The third-order valence-electron chi connectivity index (χ3n) is 3.93. The zero-order chi connectivity index (χ0) is 23.2. The molecule has 0 aliphatic heterocycles. The van der Waals surface area contributed by atoms with Crippen molar-refractivity contribution in [3.05, 3.63) is 58.9 Å². The highest BCUT2D eigenvalue weighted by atomic mass is 35.5. The van der Waals surface area contributed by atoms with Crippen LogP contribution in [0.1, 0.15) is 17.3 Å². The van der Waals surface area contributed by atoms with Crippen LogP contribution in [0.15, 0.2) is 47.4 Å². The molecule has 9 nitrogen and oxygen atoms in total. The number of anilines is 1. The predicted octanol–water partition coefficient (Wildman–Crippen LogP) is 2.31. The molecule has 2 aromatic rings. The number of sulfonamides is 1. The summed E-state index contributed by atoms with van der Waals surface area (Å²) in [5.41, 5.74) is -0.0939. The molecule has 0 saturated heterocycles. The molecule has 2 aromatic carbocycles. The number of amides is 3. The molecule has 0 saturated carbocycles. The molecular weight excluding hydrogens is 453 g/mol. The van der Waals surface area contributed by atoms with Gasteiger partial charge in [0.05, 0.1) is 21.2 Å². The van der Waals surface area contributed by atoms with Crippen LogP contribution in [0.25, 0.3) is 0 Å². The van der Waals surface area contributed by atoms with E-state index < -0.39 is 40.4 Å². The summed E-state index contributed by atoms with van der Waals surface area (Å²) < 4.78 is 44.6. The van der Waals surface area contributed by atoms with Gasteiger partial charge in [0.25, 0.3) is 15.9 Å². The summed E-state index contributed by atoms with van der Waals surface area (Å²) in [6.07, 6.45) is 0. The van der Waals surface area contributed by atoms with Gasteiger partial charge < -0.3 is 10.1 Å². The van der Waals surface area contributed by atoms with E-state index in [4.69, 9.17) is 16.3 Å². The number of carbonyl (C=O) groups excluding carboxylic acids is 3. The lowest BCUT2D eigenvalue weighted by molar-refractivity contribution is -0.123. The van der Waals surface area contributed by atoms with Gasteiger partial charge in [0.2, 0.25) is 0 Å². The number of carbonyl (C=O) groups is 3. The van der Waals surface area contributed by atoms with E-state index in [1.807, 2.05) is 5.32 Å². The van der Waals surface area contributed by atoms with Crippen molar-refractivity contribution in [3.8, 4) is 0 Å². The standard InChI is InChI=1S/C19H19ClFN3O6S/c1-3-22-19(27)23-17(25)11-30-18(26)15-10-14(8-9-16(15)20)31(28,29)24(2)13-6-4-12(21)5-7-13/h4-10H,3,11H2,1-2H3,(H2,22,23,25,27). The first-order valence-corrected chi connectivity index (χ1v) is 10.7. The number of benzene rings is 2. The molecule has 0 unspecified atom stereocenters. The van der Waals surface area contributed by atoms with Gasteiger partial charge >= 0.3 is 12.0 Å². The second-order valence-corrected chi connectivity index (χ2v) is 8.45. The van der Waals surface area contributed by atoms with Crippen LogP contribution < -0.4 is 14.9 Å². The fraction of sp³-hybridized carbons (Fsp3) is 0.211. The van der Waals surface area contributed by atoms with Crippen LogP contribution >= 0.6 is 11.6 Å². The lowest BCUT2D eigenvalue weighted by atomic mass is 10.2. The molecule has 0 heterocycles. The first kappa shape index (κ1) is 24.1. The molecule has 0 aliphatic rings. The fourth-order valence-corrected chi connectivity index (χ4v) is 3.76. The monoisotopic (exact) mass is 471 g/mol. The van der Waals surface area contributed by atoms with E-state index in [9.17, 15) is 27.2 Å². The number of halogens is 2. The highest BCUT2D eigenvalue weighted by Crippen LogP contribution is 2.26. The van der Waals surface area contributed by atoms with Gasteiger partial charge in [0.15, 0.2) is 6.61 Å². The van der Waals surface area contributed by atoms with Crippen molar-refractivity contribution in [2.75, 3.05) is 24.5 Å². The van der Waals surface area contributed by atoms with E-state index >= 15 is 0 Å². The van der Waals surface area contributed by atoms with Gasteiger partial charge in [0, 0.05) is 13.6 Å². The first-order valence-electron chi connectivity index (χ1n) is 8.85. The summed E-state index contributed by atoms with van der Waals surface area (Å²) >= 11 is 5.98. The van der Waals surface area contributed by atoms with Gasteiger partial charge in [-0.3, -0.25) is 14.4 Å². The number of urea groups is 1. The van der Waals surface area contributed by atoms with E-state index in [2.05, 4.69) is 5.32 Å². The van der Waals surface area contributed by atoms with Crippen molar-refractivity contribution in [1.29, 1.82) is 0 Å². The van der Waals surface area contributed by atoms with Crippen LogP contribution in [-0.4, -0.2) is 46.5 Å². The number of imide groups is 1. The molecule has 12 heteroatoms. The number of ether oxygens (including phenoxy) is 1. The lowest BCUT2D eigenvalue weighted by Gasteiger charge is -2.20. The summed E-state index contributed by atoms with van der Waals surface area (Å²) in [7, 11) is -2.85. The average molecular weight is 472 g/mol. The van der Waals surface area contributed by atoms with Crippen LogP contribution in [-0.2, 0) is 19.6 Å². The summed E-state index contributed by atoms with van der Waals surface area (Å²) in [5.74, 6) is -2.46. The van der Waals surface area contributed by atoms with Gasteiger partial charge in [-0.05, 0) is 49.4 Å². The number of nitrogens with zero attached hydrogens (tertiary/aromatic N) is 1. The Balaban J connectivity index is 2.18. The molecule has 0 aromatic heterocycles. The molecule has 0 atom stereocenters. The van der Waals surface area contributed by atoms with Crippen molar-refractivity contribution < 1.29 is 31.9 Å². The average Bonchev–Trinajstić information content (AvgIpc) is 2.72. The Morgan fingerprint density at radius 1 is 1.13 bits per heavy atom. The van der Waals surface area contributed by atoms with E-state index in [0.29, 0.717) is 6.54 Å². The van der Waals surface area contributed by atoms with Crippen LogP contribution in [0.3, 0.4) is 0 Å². The van der Waals surface area contributed by atoms with E-state index in [1.165, 1.54) is 31.3 Å². The Morgan fingerprint density at radius 2 is 1.77 bits per heavy atom.